The Balaban J connectivity index is 1.63. The van der Waals surface area contributed by atoms with Crippen molar-refractivity contribution in [1.82, 2.24) is 5.32 Å². The van der Waals surface area contributed by atoms with Gasteiger partial charge in [-0.1, -0.05) is 6.42 Å². The number of nitrogens with two attached hydrogens (primary N) is 1. The van der Waals surface area contributed by atoms with Crippen LogP contribution in [0.3, 0.4) is 0 Å². The first-order chi connectivity index (χ1) is 6.78. The Morgan fingerprint density at radius 1 is 1.43 bits per heavy atom. The molecule has 0 saturated heterocycles. The van der Waals surface area contributed by atoms with Crippen molar-refractivity contribution in [2.45, 2.75) is 44.2 Å². The standard InChI is InChI=1S/C11H22N2O/c1-14-10-5-9(6-10)13-8-11(7-12)3-2-4-11/h9-10,13H,2-8,12H2,1H3. The van der Waals surface area contributed by atoms with E-state index in [1.165, 1.54) is 32.1 Å². The van der Waals surface area contributed by atoms with Crippen molar-refractivity contribution in [3.8, 4) is 0 Å². The van der Waals surface area contributed by atoms with E-state index in [1.54, 1.807) is 7.11 Å². The predicted molar refractivity (Wildman–Crippen MR) is 57.2 cm³/mol. The van der Waals surface area contributed by atoms with Crippen molar-refractivity contribution >= 4 is 0 Å². The molecule has 0 radical (unpaired) electrons. The largest absolute Gasteiger partial charge is 0.381 e. The second-order valence-corrected chi connectivity index (χ2v) is 4.96. The summed E-state index contributed by atoms with van der Waals surface area (Å²) in [6, 6.07) is 0.684. The van der Waals surface area contributed by atoms with Crippen LogP contribution in [0.4, 0.5) is 0 Å². The summed E-state index contributed by atoms with van der Waals surface area (Å²) in [7, 11) is 1.80. The second kappa shape index (κ2) is 4.17. The molecule has 14 heavy (non-hydrogen) atoms. The van der Waals surface area contributed by atoms with Gasteiger partial charge in [0.1, 0.15) is 0 Å². The van der Waals surface area contributed by atoms with Crippen molar-refractivity contribution < 1.29 is 4.74 Å². The fourth-order valence-corrected chi connectivity index (χ4v) is 2.42. The van der Waals surface area contributed by atoms with Crippen molar-refractivity contribution in [2.24, 2.45) is 11.1 Å². The van der Waals surface area contributed by atoms with Crippen molar-refractivity contribution in [2.75, 3.05) is 20.2 Å². The monoisotopic (exact) mass is 198 g/mol. The fourth-order valence-electron chi connectivity index (χ4n) is 2.42. The number of hydrogen-bond acceptors (Lipinski definition) is 3. The zero-order chi connectivity index (χ0) is 10.0. The van der Waals surface area contributed by atoms with E-state index in [-0.39, 0.29) is 0 Å². The van der Waals surface area contributed by atoms with Gasteiger partial charge in [-0.2, -0.15) is 0 Å². The van der Waals surface area contributed by atoms with Crippen molar-refractivity contribution in [1.29, 1.82) is 0 Å². The Morgan fingerprint density at radius 3 is 2.57 bits per heavy atom. The first kappa shape index (κ1) is 10.4. The summed E-state index contributed by atoms with van der Waals surface area (Å²) < 4.78 is 5.25. The Bertz CT molecular complexity index is 180. The molecule has 0 unspecified atom stereocenters. The maximum absolute atomic E-state index is 5.80. The third-order valence-electron chi connectivity index (χ3n) is 4.04. The Labute approximate surface area is 86.4 Å². The van der Waals surface area contributed by atoms with E-state index in [0.29, 0.717) is 17.6 Å². The van der Waals surface area contributed by atoms with Gasteiger partial charge in [0, 0.05) is 19.7 Å². The smallest absolute Gasteiger partial charge is 0.0601 e. The molecule has 3 heteroatoms. The molecule has 0 bridgehead atoms. The highest BCUT2D eigenvalue weighted by atomic mass is 16.5. The Hall–Kier alpha value is -0.120. The lowest BCUT2D eigenvalue weighted by Crippen LogP contribution is -2.52. The van der Waals surface area contributed by atoms with E-state index in [2.05, 4.69) is 5.32 Å². The molecule has 0 spiro atoms. The molecule has 2 aliphatic rings. The van der Waals surface area contributed by atoms with Gasteiger partial charge in [-0.15, -0.1) is 0 Å². The van der Waals surface area contributed by atoms with Crippen LogP contribution in [-0.4, -0.2) is 32.3 Å². The van der Waals surface area contributed by atoms with Crippen molar-refractivity contribution in [3.63, 3.8) is 0 Å². The molecule has 0 heterocycles. The minimum atomic E-state index is 0.443. The molecule has 2 rings (SSSR count). The molecule has 0 amide bonds. The molecule has 2 saturated carbocycles. The Morgan fingerprint density at radius 2 is 2.14 bits per heavy atom. The van der Waals surface area contributed by atoms with Crippen LogP contribution in [0.5, 0.6) is 0 Å². The molecule has 0 aromatic carbocycles. The molecule has 0 aromatic rings. The highest BCUT2D eigenvalue weighted by Gasteiger charge is 2.37. The molecule has 2 fully saturated rings. The molecule has 0 atom stereocenters. The second-order valence-electron chi connectivity index (χ2n) is 4.96. The fraction of sp³-hybridized carbons (Fsp3) is 1.00. The van der Waals surface area contributed by atoms with E-state index < -0.39 is 0 Å². The molecule has 3 N–H and O–H groups in total. The van der Waals surface area contributed by atoms with Crippen LogP contribution in [-0.2, 0) is 4.74 Å². The lowest BCUT2D eigenvalue weighted by Gasteiger charge is -2.44. The summed E-state index contributed by atoms with van der Waals surface area (Å²) in [5.41, 5.74) is 6.25. The van der Waals surface area contributed by atoms with Gasteiger partial charge in [0.15, 0.2) is 0 Å². The van der Waals surface area contributed by atoms with Gasteiger partial charge in [-0.3, -0.25) is 0 Å². The summed E-state index contributed by atoms with van der Waals surface area (Å²) in [6.07, 6.45) is 6.86. The highest BCUT2D eigenvalue weighted by Crippen LogP contribution is 2.39. The van der Waals surface area contributed by atoms with Crippen LogP contribution in [0, 0.1) is 5.41 Å². The van der Waals surface area contributed by atoms with E-state index in [4.69, 9.17) is 10.5 Å². The first-order valence-electron chi connectivity index (χ1n) is 5.74. The lowest BCUT2D eigenvalue weighted by molar-refractivity contribution is 0.0104. The molecular formula is C11H22N2O. The van der Waals surface area contributed by atoms with Gasteiger partial charge in [0.2, 0.25) is 0 Å². The van der Waals surface area contributed by atoms with Gasteiger partial charge in [-0.05, 0) is 37.6 Å². The molecule has 2 aliphatic carbocycles. The normalized spacial score (nSPS) is 34.7. The van der Waals surface area contributed by atoms with Crippen LogP contribution in [0.25, 0.3) is 0 Å². The maximum atomic E-state index is 5.80. The summed E-state index contributed by atoms with van der Waals surface area (Å²) >= 11 is 0. The third-order valence-corrected chi connectivity index (χ3v) is 4.04. The van der Waals surface area contributed by atoms with Crippen LogP contribution < -0.4 is 11.1 Å². The third kappa shape index (κ3) is 1.95. The zero-order valence-corrected chi connectivity index (χ0v) is 9.09. The van der Waals surface area contributed by atoms with E-state index in [0.717, 1.165) is 13.1 Å². The number of nitrogens with one attached hydrogen (secondary N) is 1. The number of methoxy groups -OCH3 is 1. The minimum absolute atomic E-state index is 0.443. The van der Waals surface area contributed by atoms with Gasteiger partial charge in [-0.25, -0.2) is 0 Å². The number of hydrogen-bond donors (Lipinski definition) is 2. The Kier molecular flexibility index (Phi) is 3.10. The van der Waals surface area contributed by atoms with E-state index >= 15 is 0 Å². The van der Waals surface area contributed by atoms with Gasteiger partial charge in [0.25, 0.3) is 0 Å². The van der Waals surface area contributed by atoms with Gasteiger partial charge >= 0.3 is 0 Å². The number of rotatable bonds is 5. The minimum Gasteiger partial charge on any atom is -0.381 e. The summed E-state index contributed by atoms with van der Waals surface area (Å²) in [6.45, 7) is 1.96. The first-order valence-corrected chi connectivity index (χ1v) is 5.74. The van der Waals surface area contributed by atoms with Crippen LogP contribution in [0.15, 0.2) is 0 Å². The summed E-state index contributed by atoms with van der Waals surface area (Å²) in [5.74, 6) is 0. The average Bonchev–Trinajstić information content (AvgIpc) is 2.06. The van der Waals surface area contributed by atoms with Crippen molar-refractivity contribution in [3.05, 3.63) is 0 Å². The van der Waals surface area contributed by atoms with Crippen LogP contribution in [0.1, 0.15) is 32.1 Å². The summed E-state index contributed by atoms with van der Waals surface area (Å²) in [5, 5.41) is 3.62. The number of ether oxygens (including phenoxy) is 1. The molecule has 0 aromatic heterocycles. The quantitative estimate of drug-likeness (QED) is 0.689. The zero-order valence-electron chi connectivity index (χ0n) is 9.09. The topological polar surface area (TPSA) is 47.3 Å². The van der Waals surface area contributed by atoms with Crippen LogP contribution in [0.2, 0.25) is 0 Å². The van der Waals surface area contributed by atoms with Gasteiger partial charge < -0.3 is 15.8 Å². The molecule has 82 valence electrons. The SMILES string of the molecule is COC1CC(NCC2(CN)CCC2)C1. The maximum Gasteiger partial charge on any atom is 0.0601 e. The molecule has 3 nitrogen and oxygen atoms in total. The predicted octanol–water partition coefficient (Wildman–Crippen LogP) is 0.882. The van der Waals surface area contributed by atoms with E-state index in [9.17, 15) is 0 Å². The van der Waals surface area contributed by atoms with Crippen LogP contribution >= 0.6 is 0 Å². The average molecular weight is 198 g/mol. The molecule has 0 aliphatic heterocycles. The van der Waals surface area contributed by atoms with Gasteiger partial charge in [0.05, 0.1) is 6.10 Å². The summed E-state index contributed by atoms with van der Waals surface area (Å²) in [4.78, 5) is 0. The molecular weight excluding hydrogens is 176 g/mol. The lowest BCUT2D eigenvalue weighted by atomic mass is 9.68. The van der Waals surface area contributed by atoms with E-state index in [1.807, 2.05) is 0 Å². The highest BCUT2D eigenvalue weighted by molar-refractivity contribution is 4.93.